The number of para-hydroxylation sites is 1. The van der Waals surface area contributed by atoms with Crippen LogP contribution in [0.3, 0.4) is 0 Å². The summed E-state index contributed by atoms with van der Waals surface area (Å²) in [5, 5.41) is 0.543. The third-order valence-electron chi connectivity index (χ3n) is 8.11. The van der Waals surface area contributed by atoms with E-state index in [-0.39, 0.29) is 31.4 Å². The number of allylic oxidation sites excluding steroid dienone is 1. The van der Waals surface area contributed by atoms with Gasteiger partial charge in [-0.05, 0) is 67.8 Å². The summed E-state index contributed by atoms with van der Waals surface area (Å²) in [6, 6.07) is 23.0. The van der Waals surface area contributed by atoms with Crippen LogP contribution in [0.5, 0.6) is 0 Å². The molecule has 8 heteroatoms. The SMILES string of the molecule is CCOC(=O)C1=C(C)N(Cc2cccc(C(=O)N3CCN(c4ccccc4C)CC3)c2)C(=O)CC1c1cccc(Cl)c1. The van der Waals surface area contributed by atoms with Crippen LogP contribution in [-0.2, 0) is 20.9 Å². The van der Waals surface area contributed by atoms with Crippen LogP contribution in [0.25, 0.3) is 0 Å². The van der Waals surface area contributed by atoms with Crippen LogP contribution in [-0.4, -0.2) is 60.4 Å². The normalized spacial score (nSPS) is 17.5. The molecule has 0 N–H and O–H groups in total. The Balaban J connectivity index is 1.34. The first-order chi connectivity index (χ1) is 20.3. The topological polar surface area (TPSA) is 70.2 Å². The van der Waals surface area contributed by atoms with Crippen molar-refractivity contribution in [2.75, 3.05) is 37.7 Å². The maximum Gasteiger partial charge on any atom is 0.336 e. The van der Waals surface area contributed by atoms with E-state index >= 15 is 0 Å². The van der Waals surface area contributed by atoms with Gasteiger partial charge in [0.1, 0.15) is 0 Å². The van der Waals surface area contributed by atoms with Crippen molar-refractivity contribution in [3.63, 3.8) is 0 Å². The minimum absolute atomic E-state index is 0.0215. The zero-order chi connectivity index (χ0) is 29.8. The molecule has 1 unspecified atom stereocenters. The lowest BCUT2D eigenvalue weighted by Crippen LogP contribution is -2.49. The van der Waals surface area contributed by atoms with Crippen LogP contribution in [0.15, 0.2) is 84.1 Å². The highest BCUT2D eigenvalue weighted by Crippen LogP contribution is 2.38. The number of rotatable bonds is 7. The van der Waals surface area contributed by atoms with Gasteiger partial charge < -0.3 is 19.4 Å². The van der Waals surface area contributed by atoms with Crippen LogP contribution >= 0.6 is 11.6 Å². The molecule has 218 valence electrons. The number of halogens is 1. The van der Waals surface area contributed by atoms with Gasteiger partial charge in [0.15, 0.2) is 0 Å². The van der Waals surface area contributed by atoms with Gasteiger partial charge in [-0.25, -0.2) is 4.79 Å². The molecule has 0 bridgehead atoms. The summed E-state index contributed by atoms with van der Waals surface area (Å²) in [5.41, 5.74) is 5.65. The molecule has 1 fully saturated rings. The fraction of sp³-hybridized carbons (Fsp3) is 0.324. The van der Waals surface area contributed by atoms with Crippen LogP contribution in [0.1, 0.15) is 53.2 Å². The number of amides is 2. The Morgan fingerprint density at radius 1 is 0.929 bits per heavy atom. The molecule has 0 aliphatic carbocycles. The second-order valence-electron chi connectivity index (χ2n) is 10.8. The summed E-state index contributed by atoms with van der Waals surface area (Å²) in [5.74, 6) is -1.01. The number of anilines is 1. The maximum absolute atomic E-state index is 13.5. The number of nitrogens with zero attached hydrogens (tertiary/aromatic N) is 3. The summed E-state index contributed by atoms with van der Waals surface area (Å²) in [7, 11) is 0. The van der Waals surface area contributed by atoms with E-state index in [0.29, 0.717) is 34.9 Å². The van der Waals surface area contributed by atoms with Gasteiger partial charge in [-0.3, -0.25) is 9.59 Å². The minimum Gasteiger partial charge on any atom is -0.463 e. The smallest absolute Gasteiger partial charge is 0.336 e. The molecule has 2 aliphatic heterocycles. The first-order valence-electron chi connectivity index (χ1n) is 14.4. The van der Waals surface area contributed by atoms with E-state index in [1.807, 2.05) is 53.4 Å². The maximum atomic E-state index is 13.5. The van der Waals surface area contributed by atoms with Crippen molar-refractivity contribution in [1.29, 1.82) is 0 Å². The summed E-state index contributed by atoms with van der Waals surface area (Å²) in [4.78, 5) is 45.9. The number of hydrogen-bond donors (Lipinski definition) is 0. The van der Waals surface area contributed by atoms with Gasteiger partial charge in [0, 0.05) is 60.5 Å². The van der Waals surface area contributed by atoms with Gasteiger partial charge >= 0.3 is 5.97 Å². The Bertz CT molecular complexity index is 1530. The van der Waals surface area contributed by atoms with Crippen molar-refractivity contribution in [2.24, 2.45) is 0 Å². The van der Waals surface area contributed by atoms with Gasteiger partial charge in [-0.2, -0.15) is 0 Å². The van der Waals surface area contributed by atoms with Gasteiger partial charge in [-0.1, -0.05) is 54.1 Å². The molecule has 1 atom stereocenters. The molecule has 2 heterocycles. The fourth-order valence-electron chi connectivity index (χ4n) is 5.92. The molecular formula is C34H36ClN3O4. The number of esters is 1. The number of aryl methyl sites for hydroxylation is 1. The molecule has 3 aromatic carbocycles. The van der Waals surface area contributed by atoms with Gasteiger partial charge in [0.05, 0.1) is 18.7 Å². The summed E-state index contributed by atoms with van der Waals surface area (Å²) >= 11 is 6.24. The molecule has 2 aliphatic rings. The van der Waals surface area contributed by atoms with E-state index in [2.05, 4.69) is 24.0 Å². The lowest BCUT2D eigenvalue weighted by molar-refractivity contribution is -0.140. The Labute approximate surface area is 252 Å². The number of piperazine rings is 1. The Kier molecular flexibility index (Phi) is 8.97. The highest BCUT2D eigenvalue weighted by Gasteiger charge is 2.37. The average Bonchev–Trinajstić information content (AvgIpc) is 2.99. The molecule has 0 aromatic heterocycles. The van der Waals surface area contributed by atoms with Crippen molar-refractivity contribution in [2.45, 2.75) is 39.7 Å². The van der Waals surface area contributed by atoms with Crippen molar-refractivity contribution in [3.8, 4) is 0 Å². The van der Waals surface area contributed by atoms with Crippen molar-refractivity contribution < 1.29 is 19.1 Å². The monoisotopic (exact) mass is 585 g/mol. The molecule has 2 amide bonds. The molecular weight excluding hydrogens is 550 g/mol. The molecule has 0 spiro atoms. The second-order valence-corrected chi connectivity index (χ2v) is 11.2. The van der Waals surface area contributed by atoms with E-state index in [1.54, 1.807) is 30.9 Å². The van der Waals surface area contributed by atoms with Crippen LogP contribution in [0.4, 0.5) is 5.69 Å². The first kappa shape index (κ1) is 29.4. The largest absolute Gasteiger partial charge is 0.463 e. The second kappa shape index (κ2) is 12.8. The predicted octanol–water partition coefficient (Wildman–Crippen LogP) is 5.96. The summed E-state index contributed by atoms with van der Waals surface area (Å²) in [6.45, 7) is 8.95. The van der Waals surface area contributed by atoms with Crippen LogP contribution in [0, 0.1) is 6.92 Å². The van der Waals surface area contributed by atoms with E-state index in [4.69, 9.17) is 16.3 Å². The van der Waals surface area contributed by atoms with E-state index in [1.165, 1.54) is 11.3 Å². The standard InChI is InChI=1S/C34H36ClN3O4/c1-4-42-34(41)32-24(3)38(31(39)21-29(32)26-11-8-13-28(35)20-26)22-25-10-7-12-27(19-25)33(40)37-17-15-36(16-18-37)30-14-6-5-9-23(30)2/h5-14,19-20,29H,4,15-18,21-22H2,1-3H3. The van der Waals surface area contributed by atoms with Crippen molar-refractivity contribution >= 4 is 35.1 Å². The molecule has 0 saturated carbocycles. The van der Waals surface area contributed by atoms with Crippen molar-refractivity contribution in [3.05, 3.63) is 111 Å². The molecule has 3 aromatic rings. The summed E-state index contributed by atoms with van der Waals surface area (Å²) < 4.78 is 5.41. The highest BCUT2D eigenvalue weighted by molar-refractivity contribution is 6.30. The van der Waals surface area contributed by atoms with Gasteiger partial charge in [0.2, 0.25) is 5.91 Å². The van der Waals surface area contributed by atoms with E-state index in [0.717, 1.165) is 24.2 Å². The average molecular weight is 586 g/mol. The lowest BCUT2D eigenvalue weighted by Gasteiger charge is -2.37. The third-order valence-corrected chi connectivity index (χ3v) is 8.34. The van der Waals surface area contributed by atoms with E-state index in [9.17, 15) is 14.4 Å². The van der Waals surface area contributed by atoms with E-state index < -0.39 is 11.9 Å². The summed E-state index contributed by atoms with van der Waals surface area (Å²) in [6.07, 6.45) is 0.121. The zero-order valence-corrected chi connectivity index (χ0v) is 25.1. The number of ether oxygens (including phenoxy) is 1. The predicted molar refractivity (Wildman–Crippen MR) is 164 cm³/mol. The fourth-order valence-corrected chi connectivity index (χ4v) is 6.12. The molecule has 42 heavy (non-hydrogen) atoms. The molecule has 7 nitrogen and oxygen atoms in total. The Hall–Kier alpha value is -4.10. The number of carbonyl (C=O) groups excluding carboxylic acids is 3. The third kappa shape index (κ3) is 6.21. The quantitative estimate of drug-likeness (QED) is 0.320. The van der Waals surface area contributed by atoms with Crippen LogP contribution in [0.2, 0.25) is 5.02 Å². The van der Waals surface area contributed by atoms with Gasteiger partial charge in [-0.15, -0.1) is 0 Å². The molecule has 5 rings (SSSR count). The Morgan fingerprint density at radius 3 is 2.38 bits per heavy atom. The first-order valence-corrected chi connectivity index (χ1v) is 14.8. The van der Waals surface area contributed by atoms with Crippen molar-refractivity contribution in [1.82, 2.24) is 9.80 Å². The minimum atomic E-state index is -0.447. The molecule has 0 radical (unpaired) electrons. The van der Waals surface area contributed by atoms with Crippen LogP contribution < -0.4 is 4.90 Å². The molecule has 1 saturated heterocycles. The number of hydrogen-bond acceptors (Lipinski definition) is 5. The number of benzene rings is 3. The van der Waals surface area contributed by atoms with Gasteiger partial charge in [0.25, 0.3) is 5.91 Å². The lowest BCUT2D eigenvalue weighted by atomic mass is 9.83. The zero-order valence-electron chi connectivity index (χ0n) is 24.3. The number of carbonyl (C=O) groups is 3. The highest BCUT2D eigenvalue weighted by atomic mass is 35.5. The Morgan fingerprint density at radius 2 is 1.67 bits per heavy atom.